The van der Waals surface area contributed by atoms with E-state index in [2.05, 4.69) is 34.0 Å². The number of rotatable bonds is 4. The number of methoxy groups -OCH3 is 1. The zero-order valence-electron chi connectivity index (χ0n) is 15.0. The Morgan fingerprint density at radius 1 is 1.36 bits per heavy atom. The van der Waals surface area contributed by atoms with E-state index < -0.39 is 0 Å². The fourth-order valence-corrected chi connectivity index (χ4v) is 3.86. The van der Waals surface area contributed by atoms with E-state index in [1.165, 1.54) is 27.9 Å². The molecule has 0 spiro atoms. The van der Waals surface area contributed by atoms with Crippen LogP contribution in [0.4, 0.5) is 0 Å². The van der Waals surface area contributed by atoms with Gasteiger partial charge >= 0.3 is 0 Å². The van der Waals surface area contributed by atoms with Gasteiger partial charge in [0.25, 0.3) is 0 Å². The first-order chi connectivity index (χ1) is 12.1. The van der Waals surface area contributed by atoms with Crippen molar-refractivity contribution < 1.29 is 9.84 Å². The second-order valence-electron chi connectivity index (χ2n) is 6.75. The van der Waals surface area contributed by atoms with Crippen LogP contribution in [0.3, 0.4) is 0 Å². The summed E-state index contributed by atoms with van der Waals surface area (Å²) in [6.07, 6.45) is 0.964. The van der Waals surface area contributed by atoms with Gasteiger partial charge in [-0.25, -0.2) is 0 Å². The summed E-state index contributed by atoms with van der Waals surface area (Å²) in [6.45, 7) is 4.85. The number of aliphatic hydroxyl groups excluding tert-OH is 1. The summed E-state index contributed by atoms with van der Waals surface area (Å²) in [5, 5.41) is 15.2. The molecule has 1 aliphatic rings. The minimum Gasteiger partial charge on any atom is -0.497 e. The van der Waals surface area contributed by atoms with Crippen molar-refractivity contribution in [3.8, 4) is 5.75 Å². The summed E-state index contributed by atoms with van der Waals surface area (Å²) in [6, 6.07) is 6.15. The molecule has 1 aliphatic heterocycles. The van der Waals surface area contributed by atoms with E-state index in [1.807, 2.05) is 17.8 Å². The van der Waals surface area contributed by atoms with Crippen LogP contribution in [-0.4, -0.2) is 38.4 Å². The van der Waals surface area contributed by atoms with Crippen molar-refractivity contribution >= 4 is 10.9 Å². The third-order valence-corrected chi connectivity index (χ3v) is 5.31. The average Bonchev–Trinajstić information content (AvgIpc) is 3.12. The highest BCUT2D eigenvalue weighted by Crippen LogP contribution is 2.28. The molecule has 0 fully saturated rings. The molecule has 6 nitrogen and oxygen atoms in total. The van der Waals surface area contributed by atoms with Crippen molar-refractivity contribution in [2.45, 2.75) is 33.0 Å². The van der Waals surface area contributed by atoms with Crippen LogP contribution in [0.15, 0.2) is 18.2 Å². The van der Waals surface area contributed by atoms with E-state index in [0.29, 0.717) is 0 Å². The number of H-pyrrole nitrogens is 1. The quantitative estimate of drug-likeness (QED) is 0.765. The molecule has 0 unspecified atom stereocenters. The molecule has 2 aromatic heterocycles. The van der Waals surface area contributed by atoms with E-state index in [1.54, 1.807) is 7.11 Å². The number of nitrogens with zero attached hydrogens (tertiary/aromatic N) is 3. The average molecular weight is 340 g/mol. The summed E-state index contributed by atoms with van der Waals surface area (Å²) in [7, 11) is 3.66. The lowest BCUT2D eigenvalue weighted by Crippen LogP contribution is -2.31. The largest absolute Gasteiger partial charge is 0.497 e. The Labute approximate surface area is 147 Å². The van der Waals surface area contributed by atoms with E-state index in [0.717, 1.165) is 43.0 Å². The number of aliphatic hydroxyl groups is 1. The van der Waals surface area contributed by atoms with Crippen LogP contribution in [0.1, 0.15) is 28.2 Å². The molecule has 0 saturated heterocycles. The molecule has 25 heavy (non-hydrogen) atoms. The topological polar surface area (TPSA) is 66.3 Å². The Morgan fingerprint density at radius 3 is 2.96 bits per heavy atom. The van der Waals surface area contributed by atoms with Gasteiger partial charge in [0.1, 0.15) is 5.75 Å². The fraction of sp³-hybridized carbons (Fsp3) is 0.421. The summed E-state index contributed by atoms with van der Waals surface area (Å²) in [5.41, 5.74) is 6.89. The lowest BCUT2D eigenvalue weighted by molar-refractivity contribution is 0.234. The molecule has 132 valence electrons. The standard InChI is InChI=1S/C19H24N4O2/c1-12-14-8-13(25-3)4-5-16(14)20-17(12)10-23-7-6-19-15(9-23)18(11-24)21-22(19)2/h4-5,8,20,24H,6-7,9-11H2,1-3H3. The zero-order chi connectivity index (χ0) is 17.6. The van der Waals surface area contributed by atoms with Gasteiger partial charge in [0.2, 0.25) is 0 Å². The Kier molecular flexibility index (Phi) is 4.01. The van der Waals surface area contributed by atoms with Gasteiger partial charge in [-0.15, -0.1) is 0 Å². The van der Waals surface area contributed by atoms with Crippen molar-refractivity contribution in [2.24, 2.45) is 7.05 Å². The summed E-state index contributed by atoms with van der Waals surface area (Å²) in [5.74, 6) is 0.881. The lowest BCUT2D eigenvalue weighted by atomic mass is 10.0. The van der Waals surface area contributed by atoms with Crippen molar-refractivity contribution in [1.29, 1.82) is 0 Å². The van der Waals surface area contributed by atoms with E-state index >= 15 is 0 Å². The molecule has 0 radical (unpaired) electrons. The molecule has 0 bridgehead atoms. The number of nitrogens with one attached hydrogen (secondary N) is 1. The maximum atomic E-state index is 9.56. The first kappa shape index (κ1) is 16.2. The number of aromatic amines is 1. The Morgan fingerprint density at radius 2 is 2.20 bits per heavy atom. The number of aromatic nitrogens is 3. The van der Waals surface area contributed by atoms with Gasteiger partial charge in [0, 0.05) is 61.0 Å². The fourth-order valence-electron chi connectivity index (χ4n) is 3.86. The second kappa shape index (κ2) is 6.20. The molecular weight excluding hydrogens is 316 g/mol. The van der Waals surface area contributed by atoms with E-state index in [4.69, 9.17) is 4.74 Å². The molecule has 0 atom stereocenters. The van der Waals surface area contributed by atoms with E-state index in [-0.39, 0.29) is 6.61 Å². The maximum absolute atomic E-state index is 9.56. The third kappa shape index (κ3) is 2.71. The van der Waals surface area contributed by atoms with Crippen LogP contribution in [-0.2, 0) is 33.2 Å². The monoisotopic (exact) mass is 340 g/mol. The second-order valence-corrected chi connectivity index (χ2v) is 6.75. The van der Waals surface area contributed by atoms with Crippen LogP contribution in [0.2, 0.25) is 0 Å². The Bertz CT molecular complexity index is 925. The molecule has 4 rings (SSSR count). The van der Waals surface area contributed by atoms with Gasteiger partial charge in [-0.3, -0.25) is 9.58 Å². The minimum atomic E-state index is 0.00221. The van der Waals surface area contributed by atoms with Gasteiger partial charge in [-0.1, -0.05) is 0 Å². The molecule has 0 aliphatic carbocycles. The molecule has 3 heterocycles. The van der Waals surface area contributed by atoms with Gasteiger partial charge in [0.05, 0.1) is 19.4 Å². The van der Waals surface area contributed by atoms with Gasteiger partial charge in [-0.05, 0) is 30.7 Å². The smallest absolute Gasteiger partial charge is 0.119 e. The van der Waals surface area contributed by atoms with Crippen LogP contribution in [0.5, 0.6) is 5.75 Å². The summed E-state index contributed by atoms with van der Waals surface area (Å²) in [4.78, 5) is 5.97. The van der Waals surface area contributed by atoms with Crippen molar-refractivity contribution in [3.63, 3.8) is 0 Å². The summed E-state index contributed by atoms with van der Waals surface area (Å²) < 4.78 is 7.26. The third-order valence-electron chi connectivity index (χ3n) is 5.31. The summed E-state index contributed by atoms with van der Waals surface area (Å²) >= 11 is 0. The van der Waals surface area contributed by atoms with Gasteiger partial charge < -0.3 is 14.8 Å². The molecule has 1 aromatic carbocycles. The lowest BCUT2D eigenvalue weighted by Gasteiger charge is -2.27. The van der Waals surface area contributed by atoms with E-state index in [9.17, 15) is 5.11 Å². The highest BCUT2D eigenvalue weighted by molar-refractivity contribution is 5.85. The van der Waals surface area contributed by atoms with Crippen LogP contribution >= 0.6 is 0 Å². The molecule has 0 saturated carbocycles. The first-order valence-electron chi connectivity index (χ1n) is 8.62. The highest BCUT2D eigenvalue weighted by Gasteiger charge is 2.24. The molecule has 2 N–H and O–H groups in total. The Balaban J connectivity index is 1.60. The highest BCUT2D eigenvalue weighted by atomic mass is 16.5. The number of aryl methyl sites for hydroxylation is 2. The molecule has 6 heteroatoms. The van der Waals surface area contributed by atoms with Gasteiger partial charge in [-0.2, -0.15) is 5.10 Å². The maximum Gasteiger partial charge on any atom is 0.119 e. The number of hydrogen-bond acceptors (Lipinski definition) is 4. The van der Waals surface area contributed by atoms with Crippen molar-refractivity contribution in [1.82, 2.24) is 19.7 Å². The number of fused-ring (bicyclic) bond motifs is 2. The van der Waals surface area contributed by atoms with Crippen molar-refractivity contribution in [3.05, 3.63) is 46.4 Å². The number of benzene rings is 1. The normalized spacial score (nSPS) is 14.9. The van der Waals surface area contributed by atoms with Crippen molar-refractivity contribution in [2.75, 3.05) is 13.7 Å². The Hall–Kier alpha value is -2.31. The molecule has 3 aromatic rings. The van der Waals surface area contributed by atoms with Crippen LogP contribution < -0.4 is 4.74 Å². The minimum absolute atomic E-state index is 0.00221. The number of hydrogen-bond donors (Lipinski definition) is 2. The number of ether oxygens (including phenoxy) is 1. The molecule has 0 amide bonds. The predicted octanol–water partition coefficient (Wildman–Crippen LogP) is 2.27. The van der Waals surface area contributed by atoms with Crippen LogP contribution in [0, 0.1) is 6.92 Å². The SMILES string of the molecule is COc1ccc2[nH]c(CN3CCc4c(c(CO)nn4C)C3)c(C)c2c1. The molecular formula is C19H24N4O2. The van der Waals surface area contributed by atoms with Crippen LogP contribution in [0.25, 0.3) is 10.9 Å². The van der Waals surface area contributed by atoms with Gasteiger partial charge in [0.15, 0.2) is 0 Å². The predicted molar refractivity (Wildman–Crippen MR) is 96.5 cm³/mol. The first-order valence-corrected chi connectivity index (χ1v) is 8.62. The zero-order valence-corrected chi connectivity index (χ0v) is 15.0.